The molecule has 3 aliphatic carbocycles. The maximum absolute atomic E-state index is 3.59. The van der Waals surface area contributed by atoms with Gasteiger partial charge in [0.2, 0.25) is 0 Å². The Hall–Kier alpha value is 0.423. The molecular formula is C13H13Cl2Zr. The molecule has 0 bridgehead atoms. The summed E-state index contributed by atoms with van der Waals surface area (Å²) in [4.78, 5) is 0. The van der Waals surface area contributed by atoms with E-state index in [2.05, 4.69) is 31.2 Å². The average molecular weight is 331 g/mol. The molecule has 0 fully saturated rings. The Balaban J connectivity index is 0.000000750. The van der Waals surface area contributed by atoms with Crippen LogP contribution in [0.15, 0.2) is 40.5 Å². The number of allylic oxidation sites excluding steroid dienone is 8. The van der Waals surface area contributed by atoms with Gasteiger partial charge in [0.05, 0.1) is 0 Å². The quantitative estimate of drug-likeness (QED) is 0.461. The molecule has 0 aromatic heterocycles. The van der Waals surface area contributed by atoms with Crippen molar-refractivity contribution >= 4 is 0 Å². The summed E-state index contributed by atoms with van der Waals surface area (Å²) in [5.74, 6) is 0.554. The smallest absolute Gasteiger partial charge is 1.00 e. The molecule has 0 spiro atoms. The van der Waals surface area contributed by atoms with Crippen molar-refractivity contribution in [1.29, 1.82) is 0 Å². The van der Waals surface area contributed by atoms with Crippen molar-refractivity contribution in [3.63, 3.8) is 0 Å². The number of halogens is 2. The van der Waals surface area contributed by atoms with Crippen LogP contribution in [0.5, 0.6) is 0 Å². The Labute approximate surface area is 129 Å². The molecule has 1 atom stereocenters. The van der Waals surface area contributed by atoms with Crippen LogP contribution in [0.3, 0.4) is 0 Å². The van der Waals surface area contributed by atoms with Crippen LogP contribution in [0.2, 0.25) is 0 Å². The minimum atomic E-state index is 0. The zero-order valence-corrected chi connectivity index (χ0v) is 13.2. The summed E-state index contributed by atoms with van der Waals surface area (Å²) in [7, 11) is 0. The number of hydrogen-bond acceptors (Lipinski definition) is 0. The van der Waals surface area contributed by atoms with E-state index in [4.69, 9.17) is 0 Å². The summed E-state index contributed by atoms with van der Waals surface area (Å²) in [5, 5.41) is 0. The number of hydrogen-bond donors (Lipinski definition) is 0. The van der Waals surface area contributed by atoms with Gasteiger partial charge in [-0.05, 0) is 6.42 Å². The summed E-state index contributed by atoms with van der Waals surface area (Å²) in [6.07, 6.45) is 14.0. The SMILES string of the molecule is CC1=[C-]C(C2=CC=CC2)C2=C1CC2.[Cl-].[Cl-].[Zr+3]. The average Bonchev–Trinajstić information content (AvgIpc) is 2.57. The molecule has 0 saturated carbocycles. The van der Waals surface area contributed by atoms with Gasteiger partial charge in [0, 0.05) is 0 Å². The van der Waals surface area contributed by atoms with Crippen molar-refractivity contribution in [2.24, 2.45) is 5.92 Å². The third kappa shape index (κ3) is 2.47. The molecule has 16 heavy (non-hydrogen) atoms. The van der Waals surface area contributed by atoms with Crippen LogP contribution in [0.25, 0.3) is 0 Å². The third-order valence-corrected chi connectivity index (χ3v) is 3.36. The summed E-state index contributed by atoms with van der Waals surface area (Å²) in [6.45, 7) is 2.21. The predicted molar refractivity (Wildman–Crippen MR) is 54.0 cm³/mol. The molecule has 1 radical (unpaired) electrons. The van der Waals surface area contributed by atoms with E-state index in [0.29, 0.717) is 5.92 Å². The van der Waals surface area contributed by atoms with Crippen LogP contribution in [0, 0.1) is 12.0 Å². The van der Waals surface area contributed by atoms with Gasteiger partial charge in [0.25, 0.3) is 0 Å². The van der Waals surface area contributed by atoms with Crippen LogP contribution in [-0.4, -0.2) is 0 Å². The molecular weight excluding hydrogens is 318 g/mol. The zero-order chi connectivity index (χ0) is 8.84. The summed E-state index contributed by atoms with van der Waals surface area (Å²) < 4.78 is 0. The topological polar surface area (TPSA) is 0 Å². The van der Waals surface area contributed by atoms with Gasteiger partial charge < -0.3 is 24.8 Å². The van der Waals surface area contributed by atoms with Gasteiger partial charge in [-0.3, -0.25) is 6.08 Å². The summed E-state index contributed by atoms with van der Waals surface area (Å²) >= 11 is 0. The zero-order valence-electron chi connectivity index (χ0n) is 9.19. The van der Waals surface area contributed by atoms with E-state index in [0.717, 1.165) is 6.42 Å². The molecule has 0 aromatic rings. The first-order valence-electron chi connectivity index (χ1n) is 5.04. The van der Waals surface area contributed by atoms with Crippen LogP contribution in [0.4, 0.5) is 0 Å². The minimum Gasteiger partial charge on any atom is -1.00 e. The maximum atomic E-state index is 3.59. The van der Waals surface area contributed by atoms with Crippen LogP contribution < -0.4 is 24.8 Å². The van der Waals surface area contributed by atoms with Gasteiger partial charge in [0.15, 0.2) is 0 Å². The van der Waals surface area contributed by atoms with Crippen molar-refractivity contribution in [3.05, 3.63) is 46.6 Å². The Bertz CT molecular complexity index is 389. The molecule has 3 rings (SSSR count). The van der Waals surface area contributed by atoms with Crippen LogP contribution in [-0.2, 0) is 26.2 Å². The van der Waals surface area contributed by atoms with E-state index in [1.54, 1.807) is 16.7 Å². The normalized spacial score (nSPS) is 24.4. The molecule has 0 heterocycles. The molecule has 1 unspecified atom stereocenters. The van der Waals surface area contributed by atoms with E-state index in [1.165, 1.54) is 18.4 Å². The van der Waals surface area contributed by atoms with Gasteiger partial charge in [-0.2, -0.15) is 11.1 Å². The Morgan fingerprint density at radius 2 is 2.00 bits per heavy atom. The molecule has 0 N–H and O–H groups in total. The Kier molecular flexibility index (Phi) is 6.55. The van der Waals surface area contributed by atoms with E-state index >= 15 is 0 Å². The van der Waals surface area contributed by atoms with E-state index < -0.39 is 0 Å². The Morgan fingerprint density at radius 1 is 1.25 bits per heavy atom. The maximum Gasteiger partial charge on any atom is 3.00 e. The van der Waals surface area contributed by atoms with E-state index in [9.17, 15) is 0 Å². The fourth-order valence-electron chi connectivity index (χ4n) is 2.53. The van der Waals surface area contributed by atoms with Crippen LogP contribution >= 0.6 is 0 Å². The first kappa shape index (κ1) is 16.4. The molecule has 0 aliphatic heterocycles. The molecule has 3 aliphatic rings. The van der Waals surface area contributed by atoms with Gasteiger partial charge in [-0.1, -0.05) is 49.5 Å². The van der Waals surface area contributed by atoms with E-state index in [1.807, 2.05) is 0 Å². The van der Waals surface area contributed by atoms with Crippen molar-refractivity contribution in [3.8, 4) is 0 Å². The third-order valence-electron chi connectivity index (χ3n) is 3.36. The molecule has 83 valence electrons. The molecule has 0 amide bonds. The van der Waals surface area contributed by atoms with Gasteiger partial charge in [0.1, 0.15) is 0 Å². The molecule has 0 aromatic carbocycles. The largest absolute Gasteiger partial charge is 3.00 e. The second-order valence-corrected chi connectivity index (χ2v) is 4.08. The van der Waals surface area contributed by atoms with Crippen molar-refractivity contribution in [2.45, 2.75) is 26.2 Å². The minimum absolute atomic E-state index is 0. The second kappa shape index (κ2) is 6.38. The monoisotopic (exact) mass is 329 g/mol. The van der Waals surface area contributed by atoms with Crippen molar-refractivity contribution < 1.29 is 51.0 Å². The predicted octanol–water partition coefficient (Wildman–Crippen LogP) is -2.65. The van der Waals surface area contributed by atoms with Crippen molar-refractivity contribution in [2.75, 3.05) is 0 Å². The fourth-order valence-corrected chi connectivity index (χ4v) is 2.53. The molecule has 0 nitrogen and oxygen atoms in total. The van der Waals surface area contributed by atoms with Gasteiger partial charge in [-0.25, -0.2) is 5.57 Å². The van der Waals surface area contributed by atoms with E-state index in [-0.39, 0.29) is 51.0 Å². The number of rotatable bonds is 1. The van der Waals surface area contributed by atoms with Gasteiger partial charge >= 0.3 is 26.2 Å². The molecule has 3 heteroatoms. The second-order valence-electron chi connectivity index (χ2n) is 4.08. The summed E-state index contributed by atoms with van der Waals surface area (Å²) in [5.41, 5.74) is 6.23. The first-order chi connectivity index (χ1) is 6.36. The molecule has 0 saturated heterocycles. The first-order valence-corrected chi connectivity index (χ1v) is 5.04. The van der Waals surface area contributed by atoms with Crippen LogP contribution in [0.1, 0.15) is 26.2 Å². The standard InChI is InChI=1S/C13H13.2ClH.Zr/c1-9-8-13(10-4-2-3-5-10)12-7-6-11(9)12;;;/h2-4,13H,5-7H2,1H3;2*1H;/q-1;;;+3/p-2. The summed E-state index contributed by atoms with van der Waals surface area (Å²) in [6, 6.07) is 0. The Morgan fingerprint density at radius 3 is 2.44 bits per heavy atom. The fraction of sp³-hybridized carbons (Fsp3) is 0.385. The van der Waals surface area contributed by atoms with Crippen molar-refractivity contribution in [1.82, 2.24) is 0 Å². The van der Waals surface area contributed by atoms with Gasteiger partial charge in [-0.15, -0.1) is 0 Å².